The maximum atomic E-state index is 11.3. The van der Waals surface area contributed by atoms with Gasteiger partial charge in [0.2, 0.25) is 0 Å². The highest BCUT2D eigenvalue weighted by Gasteiger charge is 2.07. The third-order valence-corrected chi connectivity index (χ3v) is 2.76. The summed E-state index contributed by atoms with van der Waals surface area (Å²) in [6.45, 7) is 1.06. The van der Waals surface area contributed by atoms with Crippen LogP contribution in [0, 0.1) is 0 Å². The van der Waals surface area contributed by atoms with E-state index in [9.17, 15) is 4.79 Å². The third kappa shape index (κ3) is 3.29. The van der Waals surface area contributed by atoms with Gasteiger partial charge in [0.25, 0.3) is 5.91 Å². The number of benzene rings is 1. The molecule has 0 aliphatic rings. The van der Waals surface area contributed by atoms with E-state index in [0.29, 0.717) is 24.5 Å². The molecule has 1 heterocycles. The molecule has 0 saturated heterocycles. The number of carbonyl (C=O) groups is 1. The van der Waals surface area contributed by atoms with Crippen LogP contribution in [0.4, 0.5) is 5.82 Å². The average molecular weight is 256 g/mol. The van der Waals surface area contributed by atoms with Gasteiger partial charge in [-0.15, -0.1) is 0 Å². The highest BCUT2D eigenvalue weighted by molar-refractivity contribution is 5.97. The van der Waals surface area contributed by atoms with Crippen LogP contribution >= 0.6 is 0 Å². The molecule has 0 unspecified atom stereocenters. The molecule has 0 spiro atoms. The minimum absolute atomic E-state index is 0.387. The maximum Gasteiger partial charge on any atom is 0.252 e. The molecule has 1 aromatic heterocycles. The molecule has 1 aromatic carbocycles. The summed E-state index contributed by atoms with van der Waals surface area (Å²) in [6, 6.07) is 11.2. The summed E-state index contributed by atoms with van der Waals surface area (Å²) in [4.78, 5) is 15.4. The summed E-state index contributed by atoms with van der Waals surface area (Å²) in [6.07, 6.45) is 1.62. The number of nitrogens with zero attached hydrogens (tertiary/aromatic N) is 1. The average Bonchev–Trinajstić information content (AvgIpc) is 2.45. The molecule has 5 N–H and O–H groups in total. The highest BCUT2D eigenvalue weighted by atomic mass is 16.1. The Hall–Kier alpha value is -2.40. The second kappa shape index (κ2) is 5.97. The molecule has 5 nitrogen and oxygen atoms in total. The number of hydrogen-bond donors (Lipinski definition) is 3. The van der Waals surface area contributed by atoms with Crippen LogP contribution in [0.1, 0.15) is 21.5 Å². The first kappa shape index (κ1) is 13.0. The summed E-state index contributed by atoms with van der Waals surface area (Å²) >= 11 is 0. The molecule has 1 amide bonds. The zero-order chi connectivity index (χ0) is 13.7. The molecular formula is C14H16N4O. The number of amides is 1. The van der Waals surface area contributed by atoms with Crippen LogP contribution in [0.25, 0.3) is 0 Å². The number of pyridine rings is 1. The topological polar surface area (TPSA) is 94.0 Å². The van der Waals surface area contributed by atoms with Gasteiger partial charge in [-0.25, -0.2) is 4.98 Å². The molecule has 19 heavy (non-hydrogen) atoms. The number of nitrogens with one attached hydrogen (secondary N) is 1. The van der Waals surface area contributed by atoms with E-state index < -0.39 is 5.91 Å². The lowest BCUT2D eigenvalue weighted by Gasteiger charge is -2.09. The molecule has 0 radical (unpaired) electrons. The first-order valence-electron chi connectivity index (χ1n) is 5.97. The van der Waals surface area contributed by atoms with E-state index in [0.717, 1.165) is 11.1 Å². The Bertz CT molecular complexity index is 583. The van der Waals surface area contributed by atoms with Crippen molar-refractivity contribution < 1.29 is 4.79 Å². The molecule has 2 aromatic rings. The Labute approximate surface area is 111 Å². The summed E-state index contributed by atoms with van der Waals surface area (Å²) in [5, 5.41) is 3.11. The molecule has 2 rings (SSSR count). The molecule has 0 atom stereocenters. The van der Waals surface area contributed by atoms with Crippen molar-refractivity contribution in [3.63, 3.8) is 0 Å². The SMILES string of the molecule is NCc1cccc(CNc2ncccc2C(N)=O)c1. The molecule has 0 aliphatic carbocycles. The van der Waals surface area contributed by atoms with Crippen LogP contribution in [0.5, 0.6) is 0 Å². The van der Waals surface area contributed by atoms with Crippen molar-refractivity contribution in [3.05, 3.63) is 59.3 Å². The van der Waals surface area contributed by atoms with Gasteiger partial charge in [-0.1, -0.05) is 24.3 Å². The number of hydrogen-bond acceptors (Lipinski definition) is 4. The van der Waals surface area contributed by atoms with Gasteiger partial charge < -0.3 is 16.8 Å². The van der Waals surface area contributed by atoms with Gasteiger partial charge in [-0.2, -0.15) is 0 Å². The number of primary amides is 1. The Kier molecular flexibility index (Phi) is 4.10. The fourth-order valence-corrected chi connectivity index (χ4v) is 1.80. The first-order valence-corrected chi connectivity index (χ1v) is 5.97. The lowest BCUT2D eigenvalue weighted by Crippen LogP contribution is -2.15. The van der Waals surface area contributed by atoms with E-state index in [4.69, 9.17) is 11.5 Å². The van der Waals surface area contributed by atoms with E-state index >= 15 is 0 Å². The smallest absolute Gasteiger partial charge is 0.252 e. The molecule has 0 saturated carbocycles. The minimum atomic E-state index is -0.494. The molecule has 0 fully saturated rings. The number of carbonyl (C=O) groups excluding carboxylic acids is 1. The number of nitrogens with two attached hydrogens (primary N) is 2. The van der Waals surface area contributed by atoms with E-state index in [1.807, 2.05) is 24.3 Å². The van der Waals surface area contributed by atoms with Crippen molar-refractivity contribution in [3.8, 4) is 0 Å². The van der Waals surface area contributed by atoms with Crippen LogP contribution in [0.3, 0.4) is 0 Å². The normalized spacial score (nSPS) is 10.2. The Morgan fingerprint density at radius 3 is 2.74 bits per heavy atom. The van der Waals surface area contributed by atoms with E-state index in [-0.39, 0.29) is 0 Å². The summed E-state index contributed by atoms with van der Waals surface area (Å²) < 4.78 is 0. The maximum absolute atomic E-state index is 11.3. The molecule has 98 valence electrons. The second-order valence-electron chi connectivity index (χ2n) is 4.14. The van der Waals surface area contributed by atoms with Crippen LogP contribution in [0.15, 0.2) is 42.6 Å². The van der Waals surface area contributed by atoms with E-state index in [1.165, 1.54) is 0 Å². The van der Waals surface area contributed by atoms with Gasteiger partial charge in [0.1, 0.15) is 5.82 Å². The third-order valence-electron chi connectivity index (χ3n) is 2.76. The quantitative estimate of drug-likeness (QED) is 0.750. The molecule has 0 bridgehead atoms. The minimum Gasteiger partial charge on any atom is -0.365 e. The zero-order valence-corrected chi connectivity index (χ0v) is 10.5. The Balaban J connectivity index is 2.12. The monoisotopic (exact) mass is 256 g/mol. The van der Waals surface area contributed by atoms with Gasteiger partial charge in [0.15, 0.2) is 0 Å². The van der Waals surface area contributed by atoms with Crippen molar-refractivity contribution in [1.82, 2.24) is 4.98 Å². The lowest BCUT2D eigenvalue weighted by atomic mass is 10.1. The summed E-state index contributed by atoms with van der Waals surface area (Å²) in [7, 11) is 0. The van der Waals surface area contributed by atoms with Crippen LogP contribution in [-0.2, 0) is 13.1 Å². The standard InChI is InChI=1S/C14H16N4O/c15-8-10-3-1-4-11(7-10)9-18-14-12(13(16)19)5-2-6-17-14/h1-7H,8-9,15H2,(H2,16,19)(H,17,18). The van der Waals surface area contributed by atoms with Gasteiger partial charge in [0, 0.05) is 19.3 Å². The van der Waals surface area contributed by atoms with Crippen molar-refractivity contribution >= 4 is 11.7 Å². The van der Waals surface area contributed by atoms with Crippen molar-refractivity contribution in [1.29, 1.82) is 0 Å². The first-order chi connectivity index (χ1) is 9.20. The molecule has 0 aliphatic heterocycles. The van der Waals surface area contributed by atoms with Gasteiger partial charge in [-0.05, 0) is 23.3 Å². The summed E-state index contributed by atoms with van der Waals surface area (Å²) in [5.74, 6) is -0.000500. The van der Waals surface area contributed by atoms with Crippen molar-refractivity contribution in [2.75, 3.05) is 5.32 Å². The van der Waals surface area contributed by atoms with E-state index in [2.05, 4.69) is 10.3 Å². The Morgan fingerprint density at radius 1 is 1.21 bits per heavy atom. The predicted octanol–water partition coefficient (Wildman–Crippen LogP) is 1.25. The fraction of sp³-hybridized carbons (Fsp3) is 0.143. The number of anilines is 1. The predicted molar refractivity (Wildman–Crippen MR) is 74.4 cm³/mol. The molecular weight excluding hydrogens is 240 g/mol. The van der Waals surface area contributed by atoms with E-state index in [1.54, 1.807) is 18.3 Å². The highest BCUT2D eigenvalue weighted by Crippen LogP contribution is 2.13. The van der Waals surface area contributed by atoms with Crippen molar-refractivity contribution in [2.24, 2.45) is 11.5 Å². The number of aromatic nitrogens is 1. The van der Waals surface area contributed by atoms with Crippen LogP contribution < -0.4 is 16.8 Å². The number of rotatable bonds is 5. The van der Waals surface area contributed by atoms with Crippen LogP contribution in [0.2, 0.25) is 0 Å². The van der Waals surface area contributed by atoms with Crippen molar-refractivity contribution in [2.45, 2.75) is 13.1 Å². The Morgan fingerprint density at radius 2 is 2.00 bits per heavy atom. The fourth-order valence-electron chi connectivity index (χ4n) is 1.80. The van der Waals surface area contributed by atoms with Gasteiger partial charge >= 0.3 is 0 Å². The summed E-state index contributed by atoms with van der Waals surface area (Å²) in [5.41, 5.74) is 13.4. The lowest BCUT2D eigenvalue weighted by molar-refractivity contribution is 0.100. The largest absolute Gasteiger partial charge is 0.365 e. The second-order valence-corrected chi connectivity index (χ2v) is 4.14. The van der Waals surface area contributed by atoms with Gasteiger partial charge in [0.05, 0.1) is 5.56 Å². The van der Waals surface area contributed by atoms with Crippen LogP contribution in [-0.4, -0.2) is 10.9 Å². The molecule has 5 heteroatoms. The zero-order valence-electron chi connectivity index (χ0n) is 10.5. The van der Waals surface area contributed by atoms with Gasteiger partial charge in [-0.3, -0.25) is 4.79 Å².